The molecule has 2 aliphatic heterocycles. The Kier molecular flexibility index (Phi) is 9.53. The van der Waals surface area contributed by atoms with E-state index >= 15 is 0 Å². The first-order valence-corrected chi connectivity index (χ1v) is 12.5. The number of likely N-dealkylation sites (N-methyl/N-ethyl adjacent to an activating group) is 1. The van der Waals surface area contributed by atoms with Crippen LogP contribution in [0, 0.1) is 11.8 Å². The maximum Gasteiger partial charge on any atom is 0.490 e. The van der Waals surface area contributed by atoms with Gasteiger partial charge in [-0.3, -0.25) is 29.4 Å². The number of nitrogens with one attached hydrogen (secondary N) is 1. The van der Waals surface area contributed by atoms with Crippen LogP contribution in [0.4, 0.5) is 13.2 Å². The number of imide groups is 1. The molecule has 0 saturated carbocycles. The number of esters is 1. The van der Waals surface area contributed by atoms with Gasteiger partial charge in [0.15, 0.2) is 0 Å². The van der Waals surface area contributed by atoms with Crippen molar-refractivity contribution in [3.63, 3.8) is 0 Å². The van der Waals surface area contributed by atoms with E-state index in [1.165, 1.54) is 23.8 Å². The summed E-state index contributed by atoms with van der Waals surface area (Å²) in [5.74, 6) is -6.00. The van der Waals surface area contributed by atoms with Crippen molar-refractivity contribution in [2.24, 2.45) is 11.8 Å². The van der Waals surface area contributed by atoms with Crippen molar-refractivity contribution in [1.82, 2.24) is 15.1 Å². The molecule has 13 heteroatoms. The predicted octanol–water partition coefficient (Wildman–Crippen LogP) is 2.03. The standard InChI is InChI=1S/C26H29N3O5.C2HF3O2/c1-17(30)28(2)16-20-21-22(24(32)29(23(21)31)15-19-12-8-5-9-13-19)26(27-20,25(33)34-3)14-18-10-6-4-7-11-18;3-2(4,5)1(6)7/h4-13,20-22,27H,14-16H2,1-3H3;(H,6,7)/t20-,21+,22-,26-;/m1./s1. The molecule has 0 spiro atoms. The number of halogens is 3. The summed E-state index contributed by atoms with van der Waals surface area (Å²) in [5, 5.41) is 10.4. The van der Waals surface area contributed by atoms with Gasteiger partial charge >= 0.3 is 18.1 Å². The first-order chi connectivity index (χ1) is 19.2. The number of rotatable bonds is 7. The molecule has 2 fully saturated rings. The number of aliphatic carboxylic acids is 1. The van der Waals surface area contributed by atoms with Gasteiger partial charge in [-0.05, 0) is 11.1 Å². The van der Waals surface area contributed by atoms with Gasteiger partial charge in [0.2, 0.25) is 17.7 Å². The number of benzene rings is 2. The molecular weight excluding hydrogens is 547 g/mol. The number of carboxylic acids is 1. The van der Waals surface area contributed by atoms with E-state index in [1.54, 1.807) is 7.05 Å². The Morgan fingerprint density at radius 2 is 1.51 bits per heavy atom. The van der Waals surface area contributed by atoms with Gasteiger partial charge in [0.25, 0.3) is 0 Å². The quantitative estimate of drug-likeness (QED) is 0.377. The highest BCUT2D eigenvalue weighted by molar-refractivity contribution is 6.09. The van der Waals surface area contributed by atoms with Crippen LogP contribution < -0.4 is 5.32 Å². The average Bonchev–Trinajstić information content (AvgIpc) is 3.38. The van der Waals surface area contributed by atoms with Crippen LogP contribution in [0.3, 0.4) is 0 Å². The molecule has 2 heterocycles. The molecule has 2 aliphatic rings. The number of amides is 3. The number of methoxy groups -OCH3 is 1. The van der Waals surface area contributed by atoms with Gasteiger partial charge in [-0.25, -0.2) is 4.79 Å². The minimum atomic E-state index is -5.08. The molecule has 10 nitrogen and oxygen atoms in total. The zero-order valence-corrected chi connectivity index (χ0v) is 22.6. The molecule has 2 aromatic carbocycles. The Hall–Kier alpha value is -4.26. The predicted molar refractivity (Wildman–Crippen MR) is 138 cm³/mol. The number of alkyl halides is 3. The summed E-state index contributed by atoms with van der Waals surface area (Å²) >= 11 is 0. The SMILES string of the molecule is COC(=O)[C@]1(Cc2ccccc2)N[C@H](CN(C)C(C)=O)[C@@H]2C(=O)N(Cc3ccccc3)C(=O)[C@@H]21.O=C(O)C(F)(F)F. The van der Waals surface area contributed by atoms with Crippen molar-refractivity contribution in [3.05, 3.63) is 71.8 Å². The molecule has 2 N–H and O–H groups in total. The summed E-state index contributed by atoms with van der Waals surface area (Å²) in [6.45, 7) is 1.75. The molecular formula is C28H30F3N3O7. The van der Waals surface area contributed by atoms with Crippen LogP contribution in [0.15, 0.2) is 60.7 Å². The highest BCUT2D eigenvalue weighted by atomic mass is 19.4. The van der Waals surface area contributed by atoms with Gasteiger partial charge in [-0.2, -0.15) is 13.2 Å². The second-order valence-electron chi connectivity index (χ2n) is 9.83. The van der Waals surface area contributed by atoms with E-state index < -0.39 is 47.4 Å². The van der Waals surface area contributed by atoms with Crippen molar-refractivity contribution in [2.75, 3.05) is 20.7 Å². The Morgan fingerprint density at radius 1 is 1.00 bits per heavy atom. The number of nitrogens with zero attached hydrogens (tertiary/aromatic N) is 2. The lowest BCUT2D eigenvalue weighted by Crippen LogP contribution is -2.59. The lowest BCUT2D eigenvalue weighted by atomic mass is 9.76. The van der Waals surface area contributed by atoms with E-state index in [4.69, 9.17) is 14.6 Å². The fourth-order valence-corrected chi connectivity index (χ4v) is 5.21. The van der Waals surface area contributed by atoms with Crippen LogP contribution in [0.25, 0.3) is 0 Å². The molecule has 0 unspecified atom stereocenters. The fourth-order valence-electron chi connectivity index (χ4n) is 5.21. The molecule has 4 rings (SSSR count). The highest BCUT2D eigenvalue weighted by Gasteiger charge is 2.68. The second-order valence-corrected chi connectivity index (χ2v) is 9.83. The zero-order chi connectivity index (χ0) is 30.5. The molecule has 220 valence electrons. The minimum absolute atomic E-state index is 0.128. The first kappa shape index (κ1) is 31.3. The summed E-state index contributed by atoms with van der Waals surface area (Å²) in [5.41, 5.74) is 0.226. The van der Waals surface area contributed by atoms with Gasteiger partial charge in [0.1, 0.15) is 5.54 Å². The normalized spacial score (nSPS) is 23.4. The van der Waals surface area contributed by atoms with Crippen LogP contribution >= 0.6 is 0 Å². The summed E-state index contributed by atoms with van der Waals surface area (Å²) in [6, 6.07) is 18.0. The smallest absolute Gasteiger partial charge is 0.475 e. The number of likely N-dealkylation sites (tertiary alicyclic amines) is 1. The van der Waals surface area contributed by atoms with Gasteiger partial charge < -0.3 is 14.7 Å². The van der Waals surface area contributed by atoms with E-state index in [-0.39, 0.29) is 31.3 Å². The van der Waals surface area contributed by atoms with Crippen molar-refractivity contribution in [3.8, 4) is 0 Å². The number of carbonyl (C=O) groups is 5. The van der Waals surface area contributed by atoms with E-state index in [0.29, 0.717) is 0 Å². The van der Waals surface area contributed by atoms with Gasteiger partial charge in [0, 0.05) is 33.0 Å². The van der Waals surface area contributed by atoms with Gasteiger partial charge in [0.05, 0.1) is 25.5 Å². The van der Waals surface area contributed by atoms with E-state index in [0.717, 1.165) is 11.1 Å². The van der Waals surface area contributed by atoms with Crippen molar-refractivity contribution < 1.29 is 47.0 Å². The van der Waals surface area contributed by atoms with Crippen LogP contribution in [-0.2, 0) is 41.7 Å². The van der Waals surface area contributed by atoms with Crippen molar-refractivity contribution in [1.29, 1.82) is 0 Å². The maximum absolute atomic E-state index is 13.8. The molecule has 0 aromatic heterocycles. The summed E-state index contributed by atoms with van der Waals surface area (Å²) in [7, 11) is 2.92. The lowest BCUT2D eigenvalue weighted by Gasteiger charge is -2.33. The van der Waals surface area contributed by atoms with E-state index in [2.05, 4.69) is 5.32 Å². The average molecular weight is 578 g/mol. The molecule has 3 amide bonds. The topological polar surface area (TPSA) is 133 Å². The molecule has 2 saturated heterocycles. The second kappa shape index (κ2) is 12.5. The summed E-state index contributed by atoms with van der Waals surface area (Å²) in [4.78, 5) is 64.3. The number of carboxylic acid groups (broad SMARTS) is 1. The van der Waals surface area contributed by atoms with Gasteiger partial charge in [-0.15, -0.1) is 0 Å². The van der Waals surface area contributed by atoms with E-state index in [1.807, 2.05) is 60.7 Å². The Bertz CT molecular complexity index is 1290. The van der Waals surface area contributed by atoms with Crippen molar-refractivity contribution >= 4 is 29.7 Å². The fraction of sp³-hybridized carbons (Fsp3) is 0.393. The molecule has 0 aliphatic carbocycles. The van der Waals surface area contributed by atoms with Crippen molar-refractivity contribution in [2.45, 2.75) is 37.6 Å². The molecule has 0 radical (unpaired) electrons. The van der Waals surface area contributed by atoms with Crippen LogP contribution in [-0.4, -0.2) is 83.0 Å². The third-order valence-electron chi connectivity index (χ3n) is 7.16. The Morgan fingerprint density at radius 3 is 1.98 bits per heavy atom. The van der Waals surface area contributed by atoms with Crippen LogP contribution in [0.5, 0.6) is 0 Å². The highest BCUT2D eigenvalue weighted by Crippen LogP contribution is 2.45. The number of hydrogen-bond acceptors (Lipinski definition) is 7. The number of carbonyl (C=O) groups excluding carboxylic acids is 4. The summed E-state index contributed by atoms with van der Waals surface area (Å²) < 4.78 is 36.9. The Balaban J connectivity index is 0.000000587. The molecule has 0 bridgehead atoms. The van der Waals surface area contributed by atoms with Gasteiger partial charge in [-0.1, -0.05) is 60.7 Å². The van der Waals surface area contributed by atoms with Crippen LogP contribution in [0.1, 0.15) is 18.1 Å². The third kappa shape index (κ3) is 6.73. The first-order valence-electron chi connectivity index (χ1n) is 12.5. The maximum atomic E-state index is 13.8. The lowest BCUT2D eigenvalue weighted by molar-refractivity contribution is -0.192. The largest absolute Gasteiger partial charge is 0.490 e. The Labute approximate surface area is 234 Å². The minimum Gasteiger partial charge on any atom is -0.475 e. The van der Waals surface area contributed by atoms with E-state index in [9.17, 15) is 32.3 Å². The number of hydrogen-bond donors (Lipinski definition) is 2. The summed E-state index contributed by atoms with van der Waals surface area (Å²) in [6.07, 6.45) is -4.90. The zero-order valence-electron chi connectivity index (χ0n) is 22.6. The third-order valence-corrected chi connectivity index (χ3v) is 7.16. The van der Waals surface area contributed by atoms with Crippen LogP contribution in [0.2, 0.25) is 0 Å². The monoisotopic (exact) mass is 577 g/mol. The number of fused-ring (bicyclic) bond motifs is 1. The molecule has 4 atom stereocenters. The molecule has 41 heavy (non-hydrogen) atoms. The molecule has 2 aromatic rings. The number of ether oxygens (including phenoxy) is 1.